The van der Waals surface area contributed by atoms with Gasteiger partial charge in [-0.1, -0.05) is 24.3 Å². The second-order valence-electron chi connectivity index (χ2n) is 6.68. The fraction of sp³-hybridized carbons (Fsp3) is 0.350. The van der Waals surface area contributed by atoms with Crippen molar-refractivity contribution in [2.45, 2.75) is 30.8 Å². The molecule has 0 bridgehead atoms. The minimum absolute atomic E-state index is 0.0254. The highest BCUT2D eigenvalue weighted by atomic mass is 32.2. The zero-order valence-electron chi connectivity index (χ0n) is 15.3. The first-order chi connectivity index (χ1) is 13.0. The van der Waals surface area contributed by atoms with Gasteiger partial charge in [0, 0.05) is 42.7 Å². The molecule has 0 spiro atoms. The van der Waals surface area contributed by atoms with Crippen LogP contribution in [0.15, 0.2) is 53.4 Å². The number of thioether (sulfide) groups is 1. The highest BCUT2D eigenvalue weighted by molar-refractivity contribution is 8.00. The van der Waals surface area contributed by atoms with Crippen LogP contribution in [0.4, 0.5) is 5.69 Å². The maximum Gasteiger partial charge on any atom is 0.269 e. The highest BCUT2D eigenvalue weighted by Crippen LogP contribution is 2.22. The van der Waals surface area contributed by atoms with Crippen molar-refractivity contribution >= 4 is 23.4 Å². The van der Waals surface area contributed by atoms with Crippen LogP contribution in [0.3, 0.4) is 0 Å². The number of nitro groups is 1. The minimum Gasteiger partial charge on any atom is -0.354 e. The number of carbonyl (C=O) groups excluding carboxylic acids is 1. The molecule has 0 radical (unpaired) electrons. The molecule has 0 aromatic heterocycles. The monoisotopic (exact) mass is 385 g/mol. The van der Waals surface area contributed by atoms with E-state index >= 15 is 0 Å². The molecular weight excluding hydrogens is 362 g/mol. The van der Waals surface area contributed by atoms with Crippen molar-refractivity contribution in [2.75, 3.05) is 18.8 Å². The van der Waals surface area contributed by atoms with Gasteiger partial charge in [-0.3, -0.25) is 19.8 Å². The van der Waals surface area contributed by atoms with Crippen LogP contribution in [-0.2, 0) is 17.8 Å². The molecule has 3 rings (SSSR count). The number of hydrogen-bond acceptors (Lipinski definition) is 5. The van der Waals surface area contributed by atoms with Gasteiger partial charge in [-0.15, -0.1) is 11.8 Å². The summed E-state index contributed by atoms with van der Waals surface area (Å²) in [5.74, 6) is 0.274. The van der Waals surface area contributed by atoms with Crippen LogP contribution in [0.25, 0.3) is 0 Å². The predicted molar refractivity (Wildman–Crippen MR) is 107 cm³/mol. The highest BCUT2D eigenvalue weighted by Gasteiger charge is 2.20. The Hall–Kier alpha value is -2.38. The Kier molecular flexibility index (Phi) is 6.47. The maximum absolute atomic E-state index is 12.1. The Labute approximate surface area is 163 Å². The van der Waals surface area contributed by atoms with E-state index in [0.717, 1.165) is 24.4 Å². The maximum atomic E-state index is 12.1. The van der Waals surface area contributed by atoms with Crippen molar-refractivity contribution in [2.24, 2.45) is 0 Å². The van der Waals surface area contributed by atoms with Crippen molar-refractivity contribution in [3.05, 3.63) is 69.8 Å². The van der Waals surface area contributed by atoms with E-state index in [1.807, 2.05) is 0 Å². The van der Waals surface area contributed by atoms with Gasteiger partial charge in [-0.25, -0.2) is 0 Å². The van der Waals surface area contributed by atoms with Crippen molar-refractivity contribution in [1.82, 2.24) is 10.2 Å². The van der Waals surface area contributed by atoms with Gasteiger partial charge in [-0.05, 0) is 36.6 Å². The molecule has 1 aliphatic rings. The van der Waals surface area contributed by atoms with Gasteiger partial charge in [0.25, 0.3) is 5.69 Å². The van der Waals surface area contributed by atoms with E-state index in [0.29, 0.717) is 12.3 Å². The van der Waals surface area contributed by atoms with Gasteiger partial charge < -0.3 is 5.32 Å². The predicted octanol–water partition coefficient (Wildman–Crippen LogP) is 3.25. The fourth-order valence-corrected chi connectivity index (χ4v) is 3.88. The molecule has 1 atom stereocenters. The lowest BCUT2D eigenvalue weighted by Gasteiger charge is -2.33. The van der Waals surface area contributed by atoms with Crippen molar-refractivity contribution in [3.63, 3.8) is 0 Å². The van der Waals surface area contributed by atoms with Gasteiger partial charge in [0.15, 0.2) is 0 Å². The lowest BCUT2D eigenvalue weighted by atomic mass is 9.99. The largest absolute Gasteiger partial charge is 0.354 e. The molecule has 6 nitrogen and oxygen atoms in total. The first-order valence-corrected chi connectivity index (χ1v) is 9.96. The van der Waals surface area contributed by atoms with Gasteiger partial charge in [0.2, 0.25) is 5.91 Å². The molecule has 0 saturated heterocycles. The minimum atomic E-state index is -0.429. The van der Waals surface area contributed by atoms with Crippen LogP contribution in [0.5, 0.6) is 0 Å². The first kappa shape index (κ1) is 19.4. The smallest absolute Gasteiger partial charge is 0.269 e. The molecule has 1 amide bonds. The number of benzene rings is 2. The normalized spacial score (nSPS) is 15.0. The Morgan fingerprint density at radius 3 is 2.63 bits per heavy atom. The van der Waals surface area contributed by atoms with Gasteiger partial charge in [0.1, 0.15) is 0 Å². The number of carbonyl (C=O) groups is 1. The van der Waals surface area contributed by atoms with Gasteiger partial charge in [-0.2, -0.15) is 0 Å². The van der Waals surface area contributed by atoms with E-state index in [9.17, 15) is 14.9 Å². The molecule has 1 unspecified atom stereocenters. The van der Waals surface area contributed by atoms with E-state index < -0.39 is 4.92 Å². The van der Waals surface area contributed by atoms with E-state index in [4.69, 9.17) is 0 Å². The number of nitrogens with one attached hydrogen (secondary N) is 1. The van der Waals surface area contributed by atoms with Crippen LogP contribution in [0.2, 0.25) is 0 Å². The molecular formula is C20H23N3O3S. The molecule has 7 heteroatoms. The number of rotatable bonds is 7. The topological polar surface area (TPSA) is 75.5 Å². The molecule has 0 aliphatic carbocycles. The lowest BCUT2D eigenvalue weighted by Crippen LogP contribution is -2.44. The second-order valence-corrected chi connectivity index (χ2v) is 7.73. The number of hydrogen-bond donors (Lipinski definition) is 1. The van der Waals surface area contributed by atoms with Gasteiger partial charge >= 0.3 is 0 Å². The number of nitro benzene ring substituents is 1. The van der Waals surface area contributed by atoms with E-state index in [-0.39, 0.29) is 17.6 Å². The molecule has 1 N–H and O–H groups in total. The van der Waals surface area contributed by atoms with Crippen LogP contribution in [-0.4, -0.2) is 40.6 Å². The van der Waals surface area contributed by atoms with E-state index in [1.165, 1.54) is 35.0 Å². The molecule has 2 aromatic carbocycles. The van der Waals surface area contributed by atoms with Crippen LogP contribution < -0.4 is 5.32 Å². The third kappa shape index (κ3) is 5.30. The standard InChI is InChI=1S/C20H23N3O3S/c1-15(22-11-10-16-4-2-3-5-17(16)13-22)12-21-20(24)14-27-19-8-6-18(7-9-19)23(25)26/h2-9,15H,10-14H2,1H3,(H,21,24). The van der Waals surface area contributed by atoms with Crippen molar-refractivity contribution in [1.29, 1.82) is 0 Å². The second kappa shape index (κ2) is 9.01. The average molecular weight is 385 g/mol. The van der Waals surface area contributed by atoms with Crippen LogP contribution in [0.1, 0.15) is 18.1 Å². The molecule has 2 aromatic rings. The lowest BCUT2D eigenvalue weighted by molar-refractivity contribution is -0.384. The Bertz CT molecular complexity index is 810. The average Bonchev–Trinajstić information content (AvgIpc) is 2.70. The summed E-state index contributed by atoms with van der Waals surface area (Å²) in [5.41, 5.74) is 2.85. The molecule has 142 valence electrons. The molecule has 1 heterocycles. The third-order valence-corrected chi connectivity index (χ3v) is 5.81. The SMILES string of the molecule is CC(CNC(=O)CSc1ccc([N+](=O)[O-])cc1)N1CCc2ccccc2C1. The Morgan fingerprint density at radius 1 is 1.22 bits per heavy atom. The summed E-state index contributed by atoms with van der Waals surface area (Å²) in [4.78, 5) is 25.6. The van der Waals surface area contributed by atoms with Crippen LogP contribution >= 0.6 is 11.8 Å². The zero-order chi connectivity index (χ0) is 19.2. The Balaban J connectivity index is 1.42. The third-order valence-electron chi connectivity index (χ3n) is 4.80. The van der Waals surface area contributed by atoms with E-state index in [1.54, 1.807) is 12.1 Å². The zero-order valence-corrected chi connectivity index (χ0v) is 16.1. The summed E-state index contributed by atoms with van der Waals surface area (Å²) in [6, 6.07) is 15.0. The summed E-state index contributed by atoms with van der Waals surface area (Å²) in [6.45, 7) is 4.68. The number of amides is 1. The summed E-state index contributed by atoms with van der Waals surface area (Å²) in [7, 11) is 0. The molecule has 0 fully saturated rings. The van der Waals surface area contributed by atoms with Crippen molar-refractivity contribution < 1.29 is 9.72 Å². The van der Waals surface area contributed by atoms with Gasteiger partial charge in [0.05, 0.1) is 10.7 Å². The molecule has 0 saturated carbocycles. The number of nitrogens with zero attached hydrogens (tertiary/aromatic N) is 2. The summed E-state index contributed by atoms with van der Waals surface area (Å²) < 4.78 is 0. The summed E-state index contributed by atoms with van der Waals surface area (Å²) >= 11 is 1.38. The molecule has 1 aliphatic heterocycles. The fourth-order valence-electron chi connectivity index (χ4n) is 3.15. The first-order valence-electron chi connectivity index (χ1n) is 8.97. The summed E-state index contributed by atoms with van der Waals surface area (Å²) in [6.07, 6.45) is 1.05. The quantitative estimate of drug-likeness (QED) is 0.450. The van der Waals surface area contributed by atoms with Crippen LogP contribution in [0, 0.1) is 10.1 Å². The summed E-state index contributed by atoms with van der Waals surface area (Å²) in [5, 5.41) is 13.7. The molecule has 27 heavy (non-hydrogen) atoms. The Morgan fingerprint density at radius 2 is 1.93 bits per heavy atom. The van der Waals surface area contributed by atoms with E-state index in [2.05, 4.69) is 41.4 Å². The van der Waals surface area contributed by atoms with Crippen molar-refractivity contribution in [3.8, 4) is 0 Å². The number of fused-ring (bicyclic) bond motifs is 1. The number of non-ortho nitro benzene ring substituents is 1.